The largest absolute Gasteiger partial charge is 0.321 e. The van der Waals surface area contributed by atoms with Gasteiger partial charge in [0.05, 0.1) is 0 Å². The van der Waals surface area contributed by atoms with E-state index in [-0.39, 0.29) is 17.3 Å². The SMILES string of the molecule is O=C(Nc1cccc(Cl)c1)c1cccc(C(=O)N2CCc3ccccc32)n1. The fourth-order valence-electron chi connectivity index (χ4n) is 3.13. The monoisotopic (exact) mass is 377 g/mol. The maximum Gasteiger partial charge on any atom is 0.276 e. The number of carbonyl (C=O) groups excluding carboxylic acids is 2. The van der Waals surface area contributed by atoms with Crippen LogP contribution in [0.4, 0.5) is 11.4 Å². The van der Waals surface area contributed by atoms with Crippen LogP contribution in [0.25, 0.3) is 0 Å². The molecule has 0 saturated heterocycles. The zero-order valence-corrected chi connectivity index (χ0v) is 15.1. The summed E-state index contributed by atoms with van der Waals surface area (Å²) in [5, 5.41) is 3.26. The van der Waals surface area contributed by atoms with Crippen LogP contribution in [0.2, 0.25) is 5.02 Å². The van der Waals surface area contributed by atoms with Crippen LogP contribution in [-0.2, 0) is 6.42 Å². The molecule has 134 valence electrons. The number of carbonyl (C=O) groups is 2. The Morgan fingerprint density at radius 2 is 1.74 bits per heavy atom. The molecule has 0 aliphatic carbocycles. The molecule has 0 spiro atoms. The number of nitrogens with one attached hydrogen (secondary N) is 1. The number of benzene rings is 2. The van der Waals surface area contributed by atoms with E-state index < -0.39 is 5.91 Å². The summed E-state index contributed by atoms with van der Waals surface area (Å²) in [5.74, 6) is -0.605. The highest BCUT2D eigenvalue weighted by Crippen LogP contribution is 2.28. The van der Waals surface area contributed by atoms with E-state index in [1.807, 2.05) is 24.3 Å². The van der Waals surface area contributed by atoms with Crippen LogP contribution in [0.15, 0.2) is 66.7 Å². The zero-order chi connectivity index (χ0) is 18.8. The van der Waals surface area contributed by atoms with Crippen molar-refractivity contribution in [3.05, 3.63) is 88.7 Å². The third-order valence-electron chi connectivity index (χ3n) is 4.42. The van der Waals surface area contributed by atoms with Gasteiger partial charge in [0.25, 0.3) is 11.8 Å². The fraction of sp³-hybridized carbons (Fsp3) is 0.0952. The summed E-state index contributed by atoms with van der Waals surface area (Å²) in [6, 6.07) is 19.5. The van der Waals surface area contributed by atoms with Gasteiger partial charge < -0.3 is 10.2 Å². The van der Waals surface area contributed by atoms with Crippen LogP contribution >= 0.6 is 11.6 Å². The molecule has 0 bridgehead atoms. The molecule has 2 heterocycles. The van der Waals surface area contributed by atoms with Crippen molar-refractivity contribution in [1.82, 2.24) is 4.98 Å². The first-order valence-electron chi connectivity index (χ1n) is 8.55. The minimum absolute atomic E-state index is 0.174. The number of pyridine rings is 1. The lowest BCUT2D eigenvalue weighted by Crippen LogP contribution is -2.30. The highest BCUT2D eigenvalue weighted by Gasteiger charge is 2.26. The summed E-state index contributed by atoms with van der Waals surface area (Å²) in [7, 11) is 0. The van der Waals surface area contributed by atoms with Crippen LogP contribution in [0, 0.1) is 0 Å². The van der Waals surface area contributed by atoms with Gasteiger partial charge >= 0.3 is 0 Å². The van der Waals surface area contributed by atoms with Crippen molar-refractivity contribution in [3.8, 4) is 0 Å². The van der Waals surface area contributed by atoms with E-state index in [4.69, 9.17) is 11.6 Å². The Hall–Kier alpha value is -3.18. The van der Waals surface area contributed by atoms with Crippen LogP contribution < -0.4 is 10.2 Å². The first kappa shape index (κ1) is 17.2. The van der Waals surface area contributed by atoms with Crippen molar-refractivity contribution in [2.45, 2.75) is 6.42 Å². The quantitative estimate of drug-likeness (QED) is 0.744. The molecule has 0 saturated carbocycles. The summed E-state index contributed by atoms with van der Waals surface area (Å²) in [4.78, 5) is 31.4. The molecular formula is C21H16ClN3O2. The molecule has 27 heavy (non-hydrogen) atoms. The molecule has 1 N–H and O–H groups in total. The maximum atomic E-state index is 12.9. The minimum atomic E-state index is -0.395. The number of aromatic nitrogens is 1. The summed E-state index contributed by atoms with van der Waals surface area (Å²) >= 11 is 5.94. The van der Waals surface area contributed by atoms with Gasteiger partial charge in [0, 0.05) is 22.9 Å². The zero-order valence-electron chi connectivity index (χ0n) is 14.4. The van der Waals surface area contributed by atoms with Gasteiger partial charge in [-0.05, 0) is 48.4 Å². The van der Waals surface area contributed by atoms with Crippen LogP contribution in [0.1, 0.15) is 26.5 Å². The molecule has 0 atom stereocenters. The van der Waals surface area contributed by atoms with Crippen molar-refractivity contribution < 1.29 is 9.59 Å². The molecule has 2 amide bonds. The Bertz CT molecular complexity index is 1040. The van der Waals surface area contributed by atoms with E-state index in [2.05, 4.69) is 10.3 Å². The van der Waals surface area contributed by atoms with E-state index >= 15 is 0 Å². The molecular weight excluding hydrogens is 362 g/mol. The molecule has 0 unspecified atom stereocenters. The second-order valence-corrected chi connectivity index (χ2v) is 6.64. The Labute approximate surface area is 161 Å². The number of hydrogen-bond acceptors (Lipinski definition) is 3. The van der Waals surface area contributed by atoms with E-state index in [9.17, 15) is 9.59 Å². The van der Waals surface area contributed by atoms with Crippen molar-refractivity contribution in [2.75, 3.05) is 16.8 Å². The molecule has 1 aromatic heterocycles. The number of anilines is 2. The number of amides is 2. The second-order valence-electron chi connectivity index (χ2n) is 6.21. The van der Waals surface area contributed by atoms with Crippen LogP contribution in [0.5, 0.6) is 0 Å². The van der Waals surface area contributed by atoms with Crippen molar-refractivity contribution in [2.24, 2.45) is 0 Å². The molecule has 2 aromatic carbocycles. The van der Waals surface area contributed by atoms with Gasteiger partial charge in [-0.15, -0.1) is 0 Å². The van der Waals surface area contributed by atoms with Crippen LogP contribution in [0.3, 0.4) is 0 Å². The van der Waals surface area contributed by atoms with Crippen molar-refractivity contribution in [3.63, 3.8) is 0 Å². The number of hydrogen-bond donors (Lipinski definition) is 1. The summed E-state index contributed by atoms with van der Waals surface area (Å²) in [6.45, 7) is 0.610. The van der Waals surface area contributed by atoms with Crippen molar-refractivity contribution in [1.29, 1.82) is 0 Å². The number of fused-ring (bicyclic) bond motifs is 1. The molecule has 3 aromatic rings. The van der Waals surface area contributed by atoms with E-state index in [0.29, 0.717) is 17.3 Å². The molecule has 4 rings (SSSR count). The van der Waals surface area contributed by atoms with Crippen molar-refractivity contribution >= 4 is 34.8 Å². The second kappa shape index (κ2) is 7.21. The van der Waals surface area contributed by atoms with Gasteiger partial charge in [0.1, 0.15) is 11.4 Å². The van der Waals surface area contributed by atoms with E-state index in [1.54, 1.807) is 47.4 Å². The lowest BCUT2D eigenvalue weighted by Gasteiger charge is -2.17. The third kappa shape index (κ3) is 3.55. The lowest BCUT2D eigenvalue weighted by molar-refractivity contribution is 0.0984. The van der Waals surface area contributed by atoms with Gasteiger partial charge in [-0.1, -0.05) is 41.9 Å². The van der Waals surface area contributed by atoms with Gasteiger partial charge in [-0.2, -0.15) is 0 Å². The maximum absolute atomic E-state index is 12.9. The predicted molar refractivity (Wildman–Crippen MR) is 105 cm³/mol. The summed E-state index contributed by atoms with van der Waals surface area (Å²) in [5.41, 5.74) is 3.03. The number of para-hydroxylation sites is 1. The minimum Gasteiger partial charge on any atom is -0.321 e. The Balaban J connectivity index is 1.56. The smallest absolute Gasteiger partial charge is 0.276 e. The third-order valence-corrected chi connectivity index (χ3v) is 4.65. The number of nitrogens with zero attached hydrogens (tertiary/aromatic N) is 2. The van der Waals surface area contributed by atoms with Gasteiger partial charge in [-0.25, -0.2) is 4.98 Å². The van der Waals surface area contributed by atoms with Gasteiger partial charge in [0.2, 0.25) is 0 Å². The Morgan fingerprint density at radius 3 is 2.59 bits per heavy atom. The summed E-state index contributed by atoms with van der Waals surface area (Å²) in [6.07, 6.45) is 0.816. The lowest BCUT2D eigenvalue weighted by atomic mass is 10.2. The Morgan fingerprint density at radius 1 is 0.963 bits per heavy atom. The molecule has 1 aliphatic heterocycles. The first-order chi connectivity index (χ1) is 13.1. The number of rotatable bonds is 3. The molecule has 0 fully saturated rings. The average molecular weight is 378 g/mol. The topological polar surface area (TPSA) is 62.3 Å². The highest BCUT2D eigenvalue weighted by atomic mass is 35.5. The molecule has 6 heteroatoms. The molecule has 0 radical (unpaired) electrons. The van der Waals surface area contributed by atoms with E-state index in [1.165, 1.54) is 0 Å². The Kier molecular flexibility index (Phi) is 4.60. The highest BCUT2D eigenvalue weighted by molar-refractivity contribution is 6.31. The van der Waals surface area contributed by atoms with Crippen LogP contribution in [-0.4, -0.2) is 23.3 Å². The molecule has 1 aliphatic rings. The van der Waals surface area contributed by atoms with Gasteiger partial charge in [-0.3, -0.25) is 9.59 Å². The molecule has 5 nitrogen and oxygen atoms in total. The standard InChI is InChI=1S/C21H16ClN3O2/c22-15-6-3-7-16(13-15)23-20(26)17-8-4-9-18(24-17)21(27)25-12-11-14-5-1-2-10-19(14)25/h1-10,13H,11-12H2,(H,23,26). The fourth-order valence-corrected chi connectivity index (χ4v) is 3.32. The first-order valence-corrected chi connectivity index (χ1v) is 8.93. The van der Waals surface area contributed by atoms with Gasteiger partial charge in [0.15, 0.2) is 0 Å². The normalized spacial score (nSPS) is 12.6. The number of halogens is 1. The summed E-state index contributed by atoms with van der Waals surface area (Å²) < 4.78 is 0. The predicted octanol–water partition coefficient (Wildman–Crippen LogP) is 4.19. The average Bonchev–Trinajstić information content (AvgIpc) is 3.11. The van der Waals surface area contributed by atoms with E-state index in [0.717, 1.165) is 17.7 Å².